The number of nitrogens with one attached hydrogen (secondary N) is 2. The average Bonchev–Trinajstić information content (AvgIpc) is 3.19. The molecule has 0 unspecified atom stereocenters. The van der Waals surface area contributed by atoms with Crippen molar-refractivity contribution < 1.29 is 21.8 Å². The van der Waals surface area contributed by atoms with E-state index in [4.69, 9.17) is 4.74 Å². The van der Waals surface area contributed by atoms with Gasteiger partial charge in [0.25, 0.3) is 0 Å². The molecule has 2 N–H and O–H groups in total. The van der Waals surface area contributed by atoms with Crippen molar-refractivity contribution >= 4 is 22.0 Å². The van der Waals surface area contributed by atoms with Crippen molar-refractivity contribution in [2.75, 3.05) is 38.1 Å². The van der Waals surface area contributed by atoms with Crippen molar-refractivity contribution in [2.24, 2.45) is 0 Å². The molecule has 1 amide bonds. The van der Waals surface area contributed by atoms with Gasteiger partial charge in [0.2, 0.25) is 0 Å². The highest BCUT2D eigenvalue weighted by Crippen LogP contribution is 2.44. The second-order valence-electron chi connectivity index (χ2n) is 9.58. The number of carbonyl (C=O) groups excluding carboxylic acids is 1. The summed E-state index contributed by atoms with van der Waals surface area (Å²) in [5.41, 5.74) is 5.81. The summed E-state index contributed by atoms with van der Waals surface area (Å²) in [5, 5.41) is 5.95. The minimum absolute atomic E-state index is 0.109. The summed E-state index contributed by atoms with van der Waals surface area (Å²) in [6, 6.07) is 17.8. The maximum Gasteiger partial charge on any atom is 0.411 e. The van der Waals surface area contributed by atoms with Crippen LogP contribution in [0.1, 0.15) is 33.7 Å². The Morgan fingerprint density at radius 2 is 1.62 bits per heavy atom. The molecule has 1 saturated heterocycles. The van der Waals surface area contributed by atoms with Crippen LogP contribution in [0.3, 0.4) is 0 Å². The lowest BCUT2D eigenvalue weighted by Gasteiger charge is -2.28. The Morgan fingerprint density at radius 3 is 2.22 bits per heavy atom. The van der Waals surface area contributed by atoms with Gasteiger partial charge in [0.15, 0.2) is 0 Å². The number of anilines is 1. The van der Waals surface area contributed by atoms with E-state index in [-0.39, 0.29) is 23.8 Å². The second kappa shape index (κ2) is 10.2. The van der Waals surface area contributed by atoms with Gasteiger partial charge in [-0.2, -0.15) is 8.42 Å². The third-order valence-electron chi connectivity index (χ3n) is 7.31. The molecule has 0 atom stereocenters. The van der Waals surface area contributed by atoms with Crippen LogP contribution in [-0.4, -0.2) is 52.2 Å². The number of carbonyl (C=O) groups is 1. The minimum atomic E-state index is -5.00. The molecule has 5 rings (SSSR count). The first-order valence-corrected chi connectivity index (χ1v) is 13.7. The van der Waals surface area contributed by atoms with Crippen LogP contribution in [0.15, 0.2) is 59.5 Å². The molecule has 0 radical (unpaired) electrons. The van der Waals surface area contributed by atoms with Crippen LogP contribution in [0.25, 0.3) is 11.1 Å². The van der Waals surface area contributed by atoms with Crippen LogP contribution in [0.4, 0.5) is 14.4 Å². The van der Waals surface area contributed by atoms with Crippen LogP contribution in [0.2, 0.25) is 0 Å². The van der Waals surface area contributed by atoms with Gasteiger partial charge in [0.05, 0.1) is 0 Å². The Bertz CT molecular complexity index is 1410. The van der Waals surface area contributed by atoms with Gasteiger partial charge < -0.3 is 10.1 Å². The molecule has 194 valence electrons. The maximum absolute atomic E-state index is 14.4. The molecule has 1 aliphatic carbocycles. The van der Waals surface area contributed by atoms with Gasteiger partial charge in [-0.15, -0.1) is 3.89 Å². The SMILES string of the molecule is Cc1c(CN2CCNCC2)cc(NC(=O)OCC2c3ccccc3-c3ccccc32)c(C)c1S(=O)(=O)F. The molecule has 0 saturated carbocycles. The van der Waals surface area contributed by atoms with Crippen LogP contribution in [0, 0.1) is 13.8 Å². The lowest BCUT2D eigenvalue weighted by Crippen LogP contribution is -2.43. The smallest absolute Gasteiger partial charge is 0.411 e. The normalized spacial score (nSPS) is 15.8. The predicted molar refractivity (Wildman–Crippen MR) is 141 cm³/mol. The summed E-state index contributed by atoms with van der Waals surface area (Å²) in [5.74, 6) is -0.109. The van der Waals surface area contributed by atoms with Gasteiger partial charge >= 0.3 is 16.3 Å². The van der Waals surface area contributed by atoms with Gasteiger partial charge in [0, 0.05) is 44.3 Å². The highest BCUT2D eigenvalue weighted by molar-refractivity contribution is 7.86. The molecule has 1 aliphatic heterocycles. The molecule has 0 spiro atoms. The van der Waals surface area contributed by atoms with Crippen molar-refractivity contribution in [3.05, 3.63) is 82.4 Å². The number of piperazine rings is 1. The van der Waals surface area contributed by atoms with Crippen molar-refractivity contribution in [2.45, 2.75) is 31.2 Å². The summed E-state index contributed by atoms with van der Waals surface area (Å²) in [4.78, 5) is 14.7. The topological polar surface area (TPSA) is 87.7 Å². The Labute approximate surface area is 216 Å². The first kappa shape index (κ1) is 25.4. The summed E-state index contributed by atoms with van der Waals surface area (Å²) < 4.78 is 44.1. The molecule has 0 aromatic heterocycles. The summed E-state index contributed by atoms with van der Waals surface area (Å²) in [7, 11) is -5.00. The molecular weight excluding hydrogens is 493 g/mol. The zero-order valence-electron chi connectivity index (χ0n) is 20.9. The van der Waals surface area contributed by atoms with E-state index in [1.54, 1.807) is 13.0 Å². The second-order valence-corrected chi connectivity index (χ2v) is 10.9. The number of fused-ring (bicyclic) bond motifs is 3. The number of ether oxygens (including phenoxy) is 1. The van der Waals surface area contributed by atoms with E-state index in [0.717, 1.165) is 48.4 Å². The van der Waals surface area contributed by atoms with E-state index in [9.17, 15) is 17.1 Å². The predicted octanol–water partition coefficient (Wildman–Crippen LogP) is 4.73. The zero-order chi connectivity index (χ0) is 26.2. The Hall–Kier alpha value is -3.27. The number of nitrogens with zero attached hydrogens (tertiary/aromatic N) is 1. The lowest BCUT2D eigenvalue weighted by molar-refractivity contribution is 0.158. The first-order valence-electron chi connectivity index (χ1n) is 12.4. The molecule has 9 heteroatoms. The molecule has 1 heterocycles. The molecule has 3 aromatic rings. The summed E-state index contributed by atoms with van der Waals surface area (Å²) in [6.45, 7) is 6.90. The number of halogens is 1. The summed E-state index contributed by atoms with van der Waals surface area (Å²) in [6.07, 6.45) is -0.718. The van der Waals surface area contributed by atoms with Crippen molar-refractivity contribution in [3.8, 4) is 11.1 Å². The molecular formula is C28H30FN3O4S. The van der Waals surface area contributed by atoms with Gasteiger partial charge in [-0.3, -0.25) is 10.2 Å². The average molecular weight is 524 g/mol. The van der Waals surface area contributed by atoms with Crippen molar-refractivity contribution in [3.63, 3.8) is 0 Å². The molecule has 7 nitrogen and oxygen atoms in total. The van der Waals surface area contributed by atoms with Crippen LogP contribution in [0.5, 0.6) is 0 Å². The fourth-order valence-corrected chi connectivity index (χ4v) is 6.43. The molecule has 1 fully saturated rings. The highest BCUT2D eigenvalue weighted by Gasteiger charge is 2.30. The standard InChI is InChI=1S/C28H30FN3O4S/c1-18-20(16-32-13-11-30-12-14-32)15-26(19(2)27(18)37(29,34)35)31-28(33)36-17-25-23-9-5-3-7-21(23)22-8-4-6-10-24(22)25/h3-10,15,25,30H,11-14,16-17H2,1-2H3,(H,31,33). The van der Waals surface area contributed by atoms with E-state index < -0.39 is 21.2 Å². The number of hydrogen-bond acceptors (Lipinski definition) is 6. The Morgan fingerprint density at radius 1 is 1.03 bits per heavy atom. The fraction of sp³-hybridized carbons (Fsp3) is 0.321. The lowest BCUT2D eigenvalue weighted by atomic mass is 9.98. The first-order chi connectivity index (χ1) is 17.7. The number of rotatable bonds is 6. The third kappa shape index (κ3) is 5.12. The quantitative estimate of drug-likeness (QED) is 0.455. The van der Waals surface area contributed by atoms with Crippen molar-refractivity contribution in [1.82, 2.24) is 10.2 Å². The van der Waals surface area contributed by atoms with Crippen LogP contribution < -0.4 is 10.6 Å². The largest absolute Gasteiger partial charge is 0.448 e. The van der Waals surface area contributed by atoms with E-state index in [1.807, 2.05) is 36.4 Å². The van der Waals surface area contributed by atoms with Crippen molar-refractivity contribution in [1.29, 1.82) is 0 Å². The van der Waals surface area contributed by atoms with E-state index in [1.165, 1.54) is 6.92 Å². The van der Waals surface area contributed by atoms with E-state index >= 15 is 0 Å². The molecule has 2 aliphatic rings. The monoisotopic (exact) mass is 523 g/mol. The van der Waals surface area contributed by atoms with Crippen LogP contribution in [-0.2, 0) is 21.5 Å². The number of hydrogen-bond donors (Lipinski definition) is 2. The van der Waals surface area contributed by atoms with Gasteiger partial charge in [-0.1, -0.05) is 48.5 Å². The fourth-order valence-electron chi connectivity index (χ4n) is 5.45. The van der Waals surface area contributed by atoms with Crippen LogP contribution >= 0.6 is 0 Å². The minimum Gasteiger partial charge on any atom is -0.448 e. The maximum atomic E-state index is 14.4. The van der Waals surface area contributed by atoms with E-state index in [2.05, 4.69) is 27.7 Å². The van der Waals surface area contributed by atoms with Gasteiger partial charge in [-0.05, 0) is 58.9 Å². The zero-order valence-corrected chi connectivity index (χ0v) is 21.7. The molecule has 0 bridgehead atoms. The number of amides is 1. The molecule has 3 aromatic carbocycles. The number of benzene rings is 3. The Kier molecular flexibility index (Phi) is 7.02. The van der Waals surface area contributed by atoms with Gasteiger partial charge in [0.1, 0.15) is 11.5 Å². The van der Waals surface area contributed by atoms with E-state index in [0.29, 0.717) is 17.7 Å². The highest BCUT2D eigenvalue weighted by atomic mass is 32.3. The third-order valence-corrected chi connectivity index (χ3v) is 8.41. The van der Waals surface area contributed by atoms with Gasteiger partial charge in [-0.25, -0.2) is 4.79 Å². The summed E-state index contributed by atoms with van der Waals surface area (Å²) >= 11 is 0. The Balaban J connectivity index is 1.38. The molecule has 37 heavy (non-hydrogen) atoms.